The van der Waals surface area contributed by atoms with Gasteiger partial charge in [-0.2, -0.15) is 5.26 Å². The lowest BCUT2D eigenvalue weighted by molar-refractivity contribution is -0.274. The van der Waals surface area contributed by atoms with Gasteiger partial charge in [0.25, 0.3) is 11.5 Å². The average molecular weight is 479 g/mol. The van der Waals surface area contributed by atoms with Crippen molar-refractivity contribution in [3.05, 3.63) is 87.8 Å². The van der Waals surface area contributed by atoms with Crippen molar-refractivity contribution < 1.29 is 22.7 Å². The zero-order valence-electron chi connectivity index (χ0n) is 18.5. The number of halogens is 3. The van der Waals surface area contributed by atoms with E-state index in [-0.39, 0.29) is 29.1 Å². The maximum atomic E-state index is 13.2. The number of hydrogen-bond acceptors (Lipinski definition) is 4. The first-order chi connectivity index (χ1) is 16.7. The van der Waals surface area contributed by atoms with Crippen LogP contribution in [0.15, 0.2) is 65.5 Å². The van der Waals surface area contributed by atoms with E-state index in [9.17, 15) is 22.8 Å². The summed E-state index contributed by atoms with van der Waals surface area (Å²) in [6.45, 7) is 1.40. The molecule has 0 aliphatic carbocycles. The third kappa shape index (κ3) is 4.52. The van der Waals surface area contributed by atoms with Crippen molar-refractivity contribution in [1.82, 2.24) is 9.47 Å². The second-order valence-corrected chi connectivity index (χ2v) is 8.85. The first-order valence-corrected chi connectivity index (χ1v) is 11.1. The number of nitrogens with zero attached hydrogens (tertiary/aromatic N) is 3. The number of carbonyl (C=O) groups excluding carboxylic acids is 1. The molecule has 2 bridgehead atoms. The normalized spacial score (nSPS) is 19.0. The minimum Gasteiger partial charge on any atom is -0.406 e. The van der Waals surface area contributed by atoms with Crippen molar-refractivity contribution in [3.63, 3.8) is 0 Å². The van der Waals surface area contributed by atoms with Gasteiger partial charge in [-0.05, 0) is 60.4 Å². The number of amides is 1. The highest BCUT2D eigenvalue weighted by Gasteiger charge is 2.38. The summed E-state index contributed by atoms with van der Waals surface area (Å²) in [5.74, 6) is -0.440. The van der Waals surface area contributed by atoms with Crippen molar-refractivity contribution in [3.8, 4) is 22.9 Å². The van der Waals surface area contributed by atoms with Crippen molar-refractivity contribution in [2.45, 2.75) is 25.2 Å². The van der Waals surface area contributed by atoms with Crippen molar-refractivity contribution in [2.24, 2.45) is 5.92 Å². The summed E-state index contributed by atoms with van der Waals surface area (Å²) in [6, 6.07) is 17.3. The quantitative estimate of drug-likeness (QED) is 0.553. The second kappa shape index (κ2) is 8.62. The largest absolute Gasteiger partial charge is 0.573 e. The molecule has 9 heteroatoms. The van der Waals surface area contributed by atoms with Gasteiger partial charge in [-0.25, -0.2) is 0 Å². The van der Waals surface area contributed by atoms with Crippen LogP contribution in [0.3, 0.4) is 0 Å². The summed E-state index contributed by atoms with van der Waals surface area (Å²) in [6.07, 6.45) is -3.97. The predicted octanol–water partition coefficient (Wildman–Crippen LogP) is 4.55. The van der Waals surface area contributed by atoms with Crippen LogP contribution in [-0.2, 0) is 6.54 Å². The van der Waals surface area contributed by atoms with E-state index in [0.717, 1.165) is 17.7 Å². The molecular formula is C26H20F3N3O3. The molecule has 178 valence electrons. The highest BCUT2D eigenvalue weighted by Crippen LogP contribution is 2.40. The van der Waals surface area contributed by atoms with E-state index in [1.165, 1.54) is 30.3 Å². The Kier molecular flexibility index (Phi) is 5.59. The van der Waals surface area contributed by atoms with Crippen LogP contribution in [0.4, 0.5) is 13.2 Å². The third-order valence-corrected chi connectivity index (χ3v) is 6.54. The third-order valence-electron chi connectivity index (χ3n) is 6.54. The van der Waals surface area contributed by atoms with E-state index in [1.807, 2.05) is 6.07 Å². The lowest BCUT2D eigenvalue weighted by Gasteiger charge is -2.43. The first kappa shape index (κ1) is 22.7. The van der Waals surface area contributed by atoms with Crippen LogP contribution < -0.4 is 10.3 Å². The molecule has 0 unspecified atom stereocenters. The van der Waals surface area contributed by atoms with Gasteiger partial charge in [0.05, 0.1) is 11.6 Å². The molecule has 3 aromatic rings. The molecule has 2 aliphatic heterocycles. The van der Waals surface area contributed by atoms with Crippen LogP contribution >= 0.6 is 0 Å². The van der Waals surface area contributed by atoms with Crippen LogP contribution in [0.1, 0.15) is 34.0 Å². The van der Waals surface area contributed by atoms with E-state index in [4.69, 9.17) is 5.26 Å². The molecule has 1 aromatic heterocycles. The number of hydrogen-bond donors (Lipinski definition) is 0. The molecule has 2 aliphatic rings. The maximum absolute atomic E-state index is 13.2. The molecule has 0 N–H and O–H groups in total. The minimum atomic E-state index is -4.78. The number of nitriles is 1. The highest BCUT2D eigenvalue weighted by molar-refractivity contribution is 5.94. The van der Waals surface area contributed by atoms with E-state index >= 15 is 0 Å². The number of benzene rings is 2. The Bertz CT molecular complexity index is 1370. The summed E-state index contributed by atoms with van der Waals surface area (Å²) in [7, 11) is 0. The Balaban J connectivity index is 1.46. The fourth-order valence-corrected chi connectivity index (χ4v) is 5.13. The summed E-state index contributed by atoms with van der Waals surface area (Å²) in [4.78, 5) is 27.7. The van der Waals surface area contributed by atoms with Crippen LogP contribution in [0.2, 0.25) is 0 Å². The molecular weight excluding hydrogens is 459 g/mol. The molecule has 6 nitrogen and oxygen atoms in total. The summed E-state index contributed by atoms with van der Waals surface area (Å²) >= 11 is 0. The van der Waals surface area contributed by atoms with Crippen LogP contribution in [-0.4, -0.2) is 34.8 Å². The zero-order valence-corrected chi connectivity index (χ0v) is 18.5. The molecule has 1 saturated heterocycles. The Hall–Kier alpha value is -4.06. The molecule has 2 aromatic carbocycles. The number of pyridine rings is 1. The fourth-order valence-electron chi connectivity index (χ4n) is 5.13. The van der Waals surface area contributed by atoms with Gasteiger partial charge in [-0.3, -0.25) is 9.59 Å². The molecule has 0 radical (unpaired) electrons. The number of likely N-dealkylation sites (tertiary alicyclic amines) is 1. The molecule has 2 atom stereocenters. The highest BCUT2D eigenvalue weighted by atomic mass is 19.4. The van der Waals surface area contributed by atoms with Crippen molar-refractivity contribution in [1.29, 1.82) is 5.26 Å². The standard InChI is InChI=1S/C26H20F3N3O3/c27-26(28,29)35-21-7-5-18(6-8-21)22-9-10-23(33)32-14-17-11-20(24(22)32)15-31(13-17)25(34)19-3-1-16(12-30)2-4-19/h1-10,17,20H,11,13-15H2/t17-,20+/m0/s1. The summed E-state index contributed by atoms with van der Waals surface area (Å²) < 4.78 is 43.3. The Morgan fingerprint density at radius 3 is 2.34 bits per heavy atom. The van der Waals surface area contributed by atoms with Gasteiger partial charge in [0.2, 0.25) is 0 Å². The lowest BCUT2D eigenvalue weighted by Crippen LogP contribution is -2.49. The summed E-state index contributed by atoms with van der Waals surface area (Å²) in [5.41, 5.74) is 3.03. The van der Waals surface area contributed by atoms with Gasteiger partial charge < -0.3 is 14.2 Å². The number of aromatic nitrogens is 1. The van der Waals surface area contributed by atoms with Gasteiger partial charge >= 0.3 is 6.36 Å². The molecule has 0 spiro atoms. The molecule has 0 saturated carbocycles. The van der Waals surface area contributed by atoms with Gasteiger partial charge in [0.1, 0.15) is 5.75 Å². The monoisotopic (exact) mass is 479 g/mol. The Labute approximate surface area is 198 Å². The Morgan fingerprint density at radius 1 is 0.971 bits per heavy atom. The number of fused-ring (bicyclic) bond motifs is 4. The van der Waals surface area contributed by atoms with Crippen molar-refractivity contribution in [2.75, 3.05) is 13.1 Å². The zero-order chi connectivity index (χ0) is 24.7. The van der Waals surface area contributed by atoms with E-state index < -0.39 is 6.36 Å². The van der Waals surface area contributed by atoms with E-state index in [0.29, 0.717) is 36.3 Å². The smallest absolute Gasteiger partial charge is 0.406 e. The summed E-state index contributed by atoms with van der Waals surface area (Å²) in [5, 5.41) is 8.99. The van der Waals surface area contributed by atoms with Crippen molar-refractivity contribution >= 4 is 5.91 Å². The van der Waals surface area contributed by atoms with Crippen LogP contribution in [0, 0.1) is 17.2 Å². The second-order valence-electron chi connectivity index (χ2n) is 8.85. The number of ether oxygens (including phenoxy) is 1. The SMILES string of the molecule is N#Cc1ccc(C(=O)N2C[C@@H]3C[C@H](C2)c2c(-c4ccc(OC(F)(F)F)cc4)ccc(=O)n2C3)cc1. The number of piperidine rings is 1. The van der Waals surface area contributed by atoms with E-state index in [2.05, 4.69) is 4.74 Å². The van der Waals surface area contributed by atoms with Gasteiger partial charge in [0, 0.05) is 48.4 Å². The first-order valence-electron chi connectivity index (χ1n) is 11.1. The average Bonchev–Trinajstić information content (AvgIpc) is 2.84. The fraction of sp³-hybridized carbons (Fsp3) is 0.269. The van der Waals surface area contributed by atoms with Gasteiger partial charge in [-0.15, -0.1) is 13.2 Å². The minimum absolute atomic E-state index is 0.0974. The molecule has 1 fully saturated rings. The van der Waals surface area contributed by atoms with Crippen LogP contribution in [0.5, 0.6) is 5.75 Å². The molecule has 1 amide bonds. The van der Waals surface area contributed by atoms with Gasteiger partial charge in [0.15, 0.2) is 0 Å². The van der Waals surface area contributed by atoms with Crippen LogP contribution in [0.25, 0.3) is 11.1 Å². The number of alkyl halides is 3. The predicted molar refractivity (Wildman–Crippen MR) is 121 cm³/mol. The number of rotatable bonds is 3. The number of carbonyl (C=O) groups is 1. The Morgan fingerprint density at radius 2 is 1.69 bits per heavy atom. The molecule has 3 heterocycles. The topological polar surface area (TPSA) is 75.3 Å². The lowest BCUT2D eigenvalue weighted by atomic mass is 9.80. The maximum Gasteiger partial charge on any atom is 0.573 e. The molecule has 35 heavy (non-hydrogen) atoms. The molecule has 5 rings (SSSR count). The van der Waals surface area contributed by atoms with Gasteiger partial charge in [-0.1, -0.05) is 12.1 Å². The van der Waals surface area contributed by atoms with E-state index in [1.54, 1.807) is 39.8 Å².